The fourth-order valence-corrected chi connectivity index (χ4v) is 5.36. The molecular weight excluding hydrogens is 416 g/mol. The van der Waals surface area contributed by atoms with Crippen molar-refractivity contribution in [3.8, 4) is 0 Å². The van der Waals surface area contributed by atoms with Crippen molar-refractivity contribution < 1.29 is 9.59 Å². The van der Waals surface area contributed by atoms with E-state index in [9.17, 15) is 9.59 Å². The molecule has 1 saturated carbocycles. The monoisotopic (exact) mass is 440 g/mol. The molecule has 1 fully saturated rings. The molecule has 1 aromatic carbocycles. The molecule has 30 heavy (non-hydrogen) atoms. The van der Waals surface area contributed by atoms with Gasteiger partial charge >= 0.3 is 0 Å². The summed E-state index contributed by atoms with van der Waals surface area (Å²) < 4.78 is 3.85. The fourth-order valence-electron chi connectivity index (χ4n) is 3.91. The Kier molecular flexibility index (Phi) is 6.24. The normalized spacial score (nSPS) is 15.1. The van der Waals surface area contributed by atoms with Crippen molar-refractivity contribution in [3.63, 3.8) is 0 Å². The number of rotatable bonds is 6. The van der Waals surface area contributed by atoms with Gasteiger partial charge in [0.2, 0.25) is 5.91 Å². The highest BCUT2D eigenvalue weighted by Gasteiger charge is 2.37. The molecule has 6 nitrogen and oxygen atoms in total. The first-order valence-corrected chi connectivity index (χ1v) is 11.8. The third-order valence-electron chi connectivity index (χ3n) is 5.44. The smallest absolute Gasteiger partial charge is 0.280 e. The molecule has 2 aromatic heterocycles. The number of nitrogens with zero attached hydrogens (tertiary/aromatic N) is 3. The lowest BCUT2D eigenvalue weighted by Crippen LogP contribution is -2.46. The molecule has 0 bridgehead atoms. The predicted molar refractivity (Wildman–Crippen MR) is 120 cm³/mol. The van der Waals surface area contributed by atoms with Gasteiger partial charge in [-0.25, -0.2) is 0 Å². The molecular formula is C22H24N4O2S2. The van der Waals surface area contributed by atoms with Crippen LogP contribution in [0.1, 0.15) is 58.2 Å². The number of nitrogens with one attached hydrogen (secondary N) is 1. The van der Waals surface area contributed by atoms with Gasteiger partial charge in [-0.1, -0.05) is 29.5 Å². The van der Waals surface area contributed by atoms with Crippen molar-refractivity contribution in [1.82, 2.24) is 14.9 Å². The minimum atomic E-state index is -0.762. The Bertz CT molecular complexity index is 1030. The number of carbonyl (C=O) groups is 2. The van der Waals surface area contributed by atoms with Gasteiger partial charge in [0.15, 0.2) is 11.7 Å². The number of thiophene rings is 1. The molecule has 1 aliphatic carbocycles. The van der Waals surface area contributed by atoms with Gasteiger partial charge in [0.05, 0.1) is 0 Å². The lowest BCUT2D eigenvalue weighted by Gasteiger charge is -2.31. The van der Waals surface area contributed by atoms with Crippen molar-refractivity contribution in [1.29, 1.82) is 0 Å². The Labute approximate surface area is 184 Å². The summed E-state index contributed by atoms with van der Waals surface area (Å²) in [5.74, 6) is -0.473. The Morgan fingerprint density at radius 2 is 2.00 bits per heavy atom. The maximum absolute atomic E-state index is 13.6. The maximum atomic E-state index is 13.6. The van der Waals surface area contributed by atoms with Crippen molar-refractivity contribution in [3.05, 3.63) is 62.8 Å². The lowest BCUT2D eigenvalue weighted by molar-refractivity contribution is -0.123. The Hall–Kier alpha value is -2.58. The summed E-state index contributed by atoms with van der Waals surface area (Å²) in [6.45, 7) is 3.95. The Morgan fingerprint density at radius 1 is 1.20 bits per heavy atom. The average molecular weight is 441 g/mol. The zero-order valence-corrected chi connectivity index (χ0v) is 18.6. The van der Waals surface area contributed by atoms with Gasteiger partial charge in [0.25, 0.3) is 5.91 Å². The quantitative estimate of drug-likeness (QED) is 0.605. The van der Waals surface area contributed by atoms with Crippen molar-refractivity contribution in [2.45, 2.75) is 51.6 Å². The number of hydrogen-bond donors (Lipinski definition) is 1. The molecule has 2 heterocycles. The molecule has 1 aliphatic rings. The number of anilines is 1. The molecule has 1 N–H and O–H groups in total. The van der Waals surface area contributed by atoms with Crippen LogP contribution in [-0.4, -0.2) is 27.4 Å². The molecule has 1 unspecified atom stereocenters. The third kappa shape index (κ3) is 4.29. The summed E-state index contributed by atoms with van der Waals surface area (Å²) in [6, 6.07) is 9.05. The van der Waals surface area contributed by atoms with Crippen LogP contribution in [0.4, 0.5) is 5.69 Å². The molecule has 0 aliphatic heterocycles. The van der Waals surface area contributed by atoms with Crippen LogP contribution in [0.5, 0.6) is 0 Å². The molecule has 2 amide bonds. The van der Waals surface area contributed by atoms with Gasteiger partial charge in [-0.3, -0.25) is 14.5 Å². The van der Waals surface area contributed by atoms with E-state index in [1.165, 1.54) is 11.3 Å². The van der Waals surface area contributed by atoms with Crippen LogP contribution >= 0.6 is 22.9 Å². The van der Waals surface area contributed by atoms with E-state index in [0.29, 0.717) is 5.69 Å². The summed E-state index contributed by atoms with van der Waals surface area (Å²) in [6.07, 6.45) is 4.21. The topological polar surface area (TPSA) is 75.2 Å². The van der Waals surface area contributed by atoms with Crippen LogP contribution in [0, 0.1) is 13.8 Å². The summed E-state index contributed by atoms with van der Waals surface area (Å²) in [7, 11) is 0. The predicted octanol–water partition coefficient (Wildman–Crippen LogP) is 4.66. The molecule has 1 atom stereocenters. The van der Waals surface area contributed by atoms with Crippen molar-refractivity contribution >= 4 is 40.4 Å². The van der Waals surface area contributed by atoms with Crippen molar-refractivity contribution in [2.24, 2.45) is 0 Å². The fraction of sp³-hybridized carbons (Fsp3) is 0.364. The van der Waals surface area contributed by atoms with E-state index in [4.69, 9.17) is 0 Å². The molecule has 4 rings (SSSR count). The highest BCUT2D eigenvalue weighted by Crippen LogP contribution is 2.35. The number of carbonyl (C=O) groups excluding carboxylic acids is 2. The summed E-state index contributed by atoms with van der Waals surface area (Å²) in [5, 5.41) is 10.8. The van der Waals surface area contributed by atoms with Crippen molar-refractivity contribution in [2.75, 3.05) is 4.90 Å². The molecule has 156 valence electrons. The Balaban J connectivity index is 1.80. The second kappa shape index (κ2) is 9.06. The van der Waals surface area contributed by atoms with Crippen LogP contribution in [0.25, 0.3) is 0 Å². The van der Waals surface area contributed by atoms with Gasteiger partial charge in [-0.05, 0) is 72.9 Å². The van der Waals surface area contributed by atoms with Gasteiger partial charge in [0.1, 0.15) is 0 Å². The summed E-state index contributed by atoms with van der Waals surface area (Å²) in [5.41, 5.74) is 2.93. The largest absolute Gasteiger partial charge is 0.351 e. The zero-order valence-electron chi connectivity index (χ0n) is 17.0. The molecule has 3 aromatic rings. The number of amides is 2. The highest BCUT2D eigenvalue weighted by molar-refractivity contribution is 7.10. The number of benzene rings is 1. The van der Waals surface area contributed by atoms with E-state index in [-0.39, 0.29) is 23.6 Å². The SMILES string of the molecule is Cc1cccc(N(C(=O)c2csnn2)C(C(=O)NC2CCCC2)c2sccc2C)c1. The van der Waals surface area contributed by atoms with Gasteiger partial charge < -0.3 is 5.32 Å². The van der Waals surface area contributed by atoms with E-state index in [1.807, 2.05) is 49.6 Å². The Morgan fingerprint density at radius 3 is 2.63 bits per heavy atom. The van der Waals surface area contributed by atoms with Crippen LogP contribution < -0.4 is 10.2 Å². The van der Waals surface area contributed by atoms with E-state index >= 15 is 0 Å². The summed E-state index contributed by atoms with van der Waals surface area (Å²) >= 11 is 2.62. The van der Waals surface area contributed by atoms with Crippen LogP contribution in [0.15, 0.2) is 41.1 Å². The van der Waals surface area contributed by atoms with E-state index in [2.05, 4.69) is 14.9 Å². The number of aromatic nitrogens is 2. The first kappa shape index (κ1) is 20.7. The zero-order chi connectivity index (χ0) is 21.1. The van der Waals surface area contributed by atoms with E-state index in [0.717, 1.165) is 53.2 Å². The van der Waals surface area contributed by atoms with E-state index < -0.39 is 6.04 Å². The standard InChI is InChI=1S/C22H24N4O2S2/c1-14-6-5-9-17(12-14)26(22(28)18-13-30-25-24-18)19(20-15(2)10-11-29-20)21(27)23-16-7-3-4-8-16/h5-6,9-13,16,19H,3-4,7-8H2,1-2H3,(H,23,27). The minimum Gasteiger partial charge on any atom is -0.351 e. The second-order valence-corrected chi connectivity index (χ2v) is 9.22. The minimum absolute atomic E-state index is 0.148. The number of hydrogen-bond acceptors (Lipinski definition) is 6. The summed E-state index contributed by atoms with van der Waals surface area (Å²) in [4.78, 5) is 29.6. The number of aryl methyl sites for hydroxylation is 2. The van der Waals surface area contributed by atoms with E-state index in [1.54, 1.807) is 10.3 Å². The molecule has 0 spiro atoms. The molecule has 0 radical (unpaired) electrons. The maximum Gasteiger partial charge on any atom is 0.280 e. The first-order valence-electron chi connectivity index (χ1n) is 10.1. The van der Waals surface area contributed by atoms with Crippen LogP contribution in [0.3, 0.4) is 0 Å². The highest BCUT2D eigenvalue weighted by atomic mass is 32.1. The molecule has 0 saturated heterocycles. The third-order valence-corrected chi connectivity index (χ3v) is 7.01. The first-order chi connectivity index (χ1) is 14.5. The van der Waals surface area contributed by atoms with Gasteiger partial charge in [0, 0.05) is 22.0 Å². The lowest BCUT2D eigenvalue weighted by atomic mass is 10.1. The molecule has 8 heteroatoms. The van der Waals surface area contributed by atoms with Gasteiger partial charge in [-0.2, -0.15) is 0 Å². The van der Waals surface area contributed by atoms with Crippen LogP contribution in [0.2, 0.25) is 0 Å². The van der Waals surface area contributed by atoms with Crippen LogP contribution in [-0.2, 0) is 4.79 Å². The average Bonchev–Trinajstić information content (AvgIpc) is 3.49. The second-order valence-electron chi connectivity index (χ2n) is 7.66. The van der Waals surface area contributed by atoms with Gasteiger partial charge in [-0.15, -0.1) is 16.4 Å².